The number of methoxy groups -OCH3 is 1. The van der Waals surface area contributed by atoms with Crippen LogP contribution < -0.4 is 21.3 Å². The summed E-state index contributed by atoms with van der Waals surface area (Å²) in [5, 5.41) is 4.85. The van der Waals surface area contributed by atoms with Crippen LogP contribution in [0.5, 0.6) is 5.75 Å². The van der Waals surface area contributed by atoms with Crippen molar-refractivity contribution in [2.75, 3.05) is 20.2 Å². The molecule has 1 saturated heterocycles. The summed E-state index contributed by atoms with van der Waals surface area (Å²) in [6, 6.07) is 12.2. The van der Waals surface area contributed by atoms with E-state index in [1.165, 1.54) is 10.8 Å². The molecule has 0 amide bonds. The molecule has 3 heterocycles. The molecule has 2 aromatic carbocycles. The Morgan fingerprint density at radius 2 is 2.00 bits per heavy atom. The largest absolute Gasteiger partial charge is 0.494 e. The normalized spacial score (nSPS) is 16.4. The van der Waals surface area contributed by atoms with Gasteiger partial charge in [0.15, 0.2) is 0 Å². The van der Waals surface area contributed by atoms with E-state index in [0.29, 0.717) is 44.8 Å². The zero-order valence-corrected chi connectivity index (χ0v) is 17.0. The molecule has 1 N–H and O–H groups in total. The molecule has 5 rings (SSSR count). The lowest BCUT2D eigenvalue weighted by Crippen LogP contribution is -2.41. The van der Waals surface area contributed by atoms with Gasteiger partial charge in [0.2, 0.25) is 0 Å². The minimum absolute atomic E-state index is 0.0807. The zero-order valence-electron chi connectivity index (χ0n) is 16.3. The van der Waals surface area contributed by atoms with E-state index >= 15 is 0 Å². The van der Waals surface area contributed by atoms with Crippen LogP contribution >= 0.6 is 11.6 Å². The molecule has 1 fully saturated rings. The van der Waals surface area contributed by atoms with Crippen molar-refractivity contribution in [3.8, 4) is 11.4 Å². The molecule has 30 heavy (non-hydrogen) atoms. The molecule has 1 aliphatic rings. The van der Waals surface area contributed by atoms with Gasteiger partial charge < -0.3 is 10.1 Å². The van der Waals surface area contributed by atoms with Gasteiger partial charge in [-0.3, -0.25) is 14.3 Å². The lowest BCUT2D eigenvalue weighted by atomic mass is 10.1. The van der Waals surface area contributed by atoms with E-state index in [2.05, 4.69) is 10.3 Å². The number of pyridine rings is 1. The number of nitrogens with zero attached hydrogens (tertiary/aromatic N) is 3. The van der Waals surface area contributed by atoms with Crippen molar-refractivity contribution in [3.05, 3.63) is 74.5 Å². The molecule has 2 aromatic heterocycles. The van der Waals surface area contributed by atoms with Gasteiger partial charge in [0.1, 0.15) is 11.3 Å². The molecule has 0 spiro atoms. The maximum absolute atomic E-state index is 13.7. The second-order valence-electron chi connectivity index (χ2n) is 7.30. The number of hydrogen-bond acceptors (Lipinski definition) is 5. The Labute approximate surface area is 176 Å². The van der Waals surface area contributed by atoms with Crippen LogP contribution in [0.4, 0.5) is 0 Å². The number of fused-ring (bicyclic) bond motifs is 3. The van der Waals surface area contributed by atoms with Gasteiger partial charge in [0, 0.05) is 23.2 Å². The highest BCUT2D eigenvalue weighted by Crippen LogP contribution is 2.30. The van der Waals surface area contributed by atoms with Crippen LogP contribution in [-0.2, 0) is 0 Å². The summed E-state index contributed by atoms with van der Waals surface area (Å²) in [6.45, 7) is 1.46. The van der Waals surface area contributed by atoms with E-state index in [1.807, 2.05) is 18.2 Å². The smallest absolute Gasteiger partial charge is 0.336 e. The predicted octanol–water partition coefficient (Wildman–Crippen LogP) is 2.90. The Kier molecular flexibility index (Phi) is 4.56. The van der Waals surface area contributed by atoms with Crippen molar-refractivity contribution in [1.29, 1.82) is 0 Å². The lowest BCUT2D eigenvalue weighted by molar-refractivity contribution is 0.419. The molecule has 1 aliphatic heterocycles. The highest BCUT2D eigenvalue weighted by atomic mass is 35.5. The second kappa shape index (κ2) is 7.27. The molecule has 4 aromatic rings. The number of ether oxygens (including phenoxy) is 1. The van der Waals surface area contributed by atoms with Crippen LogP contribution in [0.1, 0.15) is 12.5 Å². The third-order valence-corrected chi connectivity index (χ3v) is 5.82. The van der Waals surface area contributed by atoms with E-state index < -0.39 is 11.2 Å². The minimum atomic E-state index is -0.420. The van der Waals surface area contributed by atoms with Crippen LogP contribution in [0, 0.1) is 0 Å². The van der Waals surface area contributed by atoms with Gasteiger partial charge in [-0.25, -0.2) is 9.36 Å². The fraction of sp³-hybridized carbons (Fsp3) is 0.227. The molecule has 152 valence electrons. The number of hydrogen-bond donors (Lipinski definition) is 1. The third kappa shape index (κ3) is 2.81. The maximum atomic E-state index is 13.7. The molecule has 8 heteroatoms. The van der Waals surface area contributed by atoms with Gasteiger partial charge in [-0.05, 0) is 37.2 Å². The summed E-state index contributed by atoms with van der Waals surface area (Å²) in [5.74, 6) is 0.594. The zero-order chi connectivity index (χ0) is 20.8. The molecule has 1 atom stereocenters. The number of para-hydroxylation sites is 1. The van der Waals surface area contributed by atoms with E-state index in [9.17, 15) is 9.59 Å². The van der Waals surface area contributed by atoms with Crippen LogP contribution in [0.25, 0.3) is 27.5 Å². The Bertz CT molecular complexity index is 1400. The topological polar surface area (TPSA) is 78.2 Å². The number of rotatable bonds is 3. The highest BCUT2D eigenvalue weighted by molar-refractivity contribution is 6.30. The standard InChI is InChI=1S/C22H19ClN4O3/c1-30-18-7-3-6-16-19(18)25-12-17-20(16)26(15-8-9-24-11-15)22(29)27(21(17)28)14-5-2-4-13(23)10-14/h2-7,10,12,15,24H,8-9,11H2,1H3/t15-/m1/s1. The van der Waals surface area contributed by atoms with Crippen molar-refractivity contribution >= 4 is 33.4 Å². The molecular formula is C22H19ClN4O3. The number of aromatic nitrogens is 3. The summed E-state index contributed by atoms with van der Waals surface area (Å²) in [5.41, 5.74) is 0.827. The van der Waals surface area contributed by atoms with Crippen molar-refractivity contribution < 1.29 is 4.74 Å². The predicted molar refractivity (Wildman–Crippen MR) is 117 cm³/mol. The molecule has 0 bridgehead atoms. The number of benzene rings is 2. The summed E-state index contributed by atoms with van der Waals surface area (Å²) in [7, 11) is 1.58. The summed E-state index contributed by atoms with van der Waals surface area (Å²) < 4.78 is 8.35. The Morgan fingerprint density at radius 3 is 2.73 bits per heavy atom. The Balaban J connectivity index is 1.98. The maximum Gasteiger partial charge on any atom is 0.336 e. The van der Waals surface area contributed by atoms with E-state index in [1.54, 1.807) is 35.9 Å². The van der Waals surface area contributed by atoms with Gasteiger partial charge >= 0.3 is 5.69 Å². The first-order valence-electron chi connectivity index (χ1n) is 9.70. The van der Waals surface area contributed by atoms with Crippen molar-refractivity contribution in [3.63, 3.8) is 0 Å². The van der Waals surface area contributed by atoms with Crippen LogP contribution in [0.15, 0.2) is 58.3 Å². The first kappa shape index (κ1) is 18.8. The Morgan fingerprint density at radius 1 is 1.17 bits per heavy atom. The monoisotopic (exact) mass is 422 g/mol. The molecule has 0 unspecified atom stereocenters. The fourth-order valence-corrected chi connectivity index (χ4v) is 4.40. The van der Waals surface area contributed by atoms with Crippen molar-refractivity contribution in [2.24, 2.45) is 0 Å². The van der Waals surface area contributed by atoms with Crippen molar-refractivity contribution in [1.82, 2.24) is 19.4 Å². The van der Waals surface area contributed by atoms with Crippen LogP contribution in [0.2, 0.25) is 5.02 Å². The highest BCUT2D eigenvalue weighted by Gasteiger charge is 2.25. The van der Waals surface area contributed by atoms with E-state index in [0.717, 1.165) is 13.0 Å². The first-order chi connectivity index (χ1) is 14.6. The fourth-order valence-electron chi connectivity index (χ4n) is 4.21. The minimum Gasteiger partial charge on any atom is -0.494 e. The first-order valence-corrected chi connectivity index (χ1v) is 10.1. The quantitative estimate of drug-likeness (QED) is 0.514. The molecule has 0 aliphatic carbocycles. The molecule has 7 nitrogen and oxygen atoms in total. The number of nitrogens with one attached hydrogen (secondary N) is 1. The van der Waals surface area contributed by atoms with Gasteiger partial charge in [-0.2, -0.15) is 0 Å². The van der Waals surface area contributed by atoms with Crippen molar-refractivity contribution in [2.45, 2.75) is 12.5 Å². The molecular weight excluding hydrogens is 404 g/mol. The Hall–Kier alpha value is -3.16. The summed E-state index contributed by atoms with van der Waals surface area (Å²) >= 11 is 6.14. The average Bonchev–Trinajstić information content (AvgIpc) is 3.27. The van der Waals surface area contributed by atoms with Gasteiger partial charge in [-0.1, -0.05) is 29.8 Å². The van der Waals surface area contributed by atoms with E-state index in [4.69, 9.17) is 16.3 Å². The van der Waals surface area contributed by atoms with Gasteiger partial charge in [0.05, 0.1) is 29.7 Å². The van der Waals surface area contributed by atoms with E-state index in [-0.39, 0.29) is 6.04 Å². The lowest BCUT2D eigenvalue weighted by Gasteiger charge is -2.20. The number of halogens is 1. The molecule has 0 radical (unpaired) electrons. The molecule has 0 saturated carbocycles. The van der Waals surface area contributed by atoms with Gasteiger partial charge in [-0.15, -0.1) is 0 Å². The second-order valence-corrected chi connectivity index (χ2v) is 7.73. The summed E-state index contributed by atoms with van der Waals surface area (Å²) in [6.07, 6.45) is 2.32. The van der Waals surface area contributed by atoms with Crippen LogP contribution in [0.3, 0.4) is 0 Å². The SMILES string of the molecule is COc1cccc2c1ncc1c(=O)n(-c3cccc(Cl)c3)c(=O)n([C@@H]3CCNC3)c12. The van der Waals surface area contributed by atoms with Crippen LogP contribution in [-0.4, -0.2) is 34.3 Å². The average molecular weight is 423 g/mol. The third-order valence-electron chi connectivity index (χ3n) is 5.59. The van der Waals surface area contributed by atoms with Gasteiger partial charge in [0.25, 0.3) is 5.56 Å². The summed E-state index contributed by atoms with van der Waals surface area (Å²) in [4.78, 5) is 31.6.